The number of hydrogen-bond acceptors (Lipinski definition) is 4. The molecule has 158 valence electrons. The summed E-state index contributed by atoms with van der Waals surface area (Å²) in [6.45, 7) is 15.4. The Labute approximate surface area is 178 Å². The topological polar surface area (TPSA) is 29.5 Å². The first-order valence-corrected chi connectivity index (χ1v) is 14.9. The molecule has 27 heavy (non-hydrogen) atoms. The molecule has 1 aliphatic heterocycles. The van der Waals surface area contributed by atoms with Crippen LogP contribution in [0.1, 0.15) is 74.1 Å². The van der Waals surface area contributed by atoms with Gasteiger partial charge in [-0.1, -0.05) is 91.7 Å². The zero-order chi connectivity index (χ0) is 20.6. The smallest absolute Gasteiger partial charge is 0.233 e. The van der Waals surface area contributed by atoms with Crippen molar-refractivity contribution in [3.05, 3.63) is 0 Å². The van der Waals surface area contributed by atoms with E-state index in [4.69, 9.17) is 16.6 Å². The first kappa shape index (κ1) is 25.1. The third-order valence-electron chi connectivity index (χ3n) is 6.29. The fraction of sp³-hybridized carbons (Fsp3) is 0.905. The highest BCUT2D eigenvalue weighted by Gasteiger charge is 2.41. The predicted octanol–water partition coefficient (Wildman–Crippen LogP) is 6.48. The van der Waals surface area contributed by atoms with Gasteiger partial charge < -0.3 is 4.43 Å². The molecule has 0 spiro atoms. The predicted molar refractivity (Wildman–Crippen MR) is 126 cm³/mol. The number of rotatable bonds is 12. The zero-order valence-corrected chi connectivity index (χ0v) is 21.2. The Morgan fingerprint density at radius 1 is 1.19 bits per heavy atom. The highest BCUT2D eigenvalue weighted by atomic mass is 32.2. The van der Waals surface area contributed by atoms with Gasteiger partial charge in [0.2, 0.25) is 5.91 Å². The second kappa shape index (κ2) is 11.9. The van der Waals surface area contributed by atoms with E-state index in [1.165, 1.54) is 12.8 Å². The molecule has 0 aromatic carbocycles. The zero-order valence-electron chi connectivity index (χ0n) is 18.5. The highest BCUT2D eigenvalue weighted by molar-refractivity contribution is 8.23. The monoisotopic (exact) mass is 431 g/mol. The van der Waals surface area contributed by atoms with E-state index < -0.39 is 8.32 Å². The Morgan fingerprint density at radius 3 is 2.26 bits per heavy atom. The quantitative estimate of drug-likeness (QED) is 0.201. The number of thiocarbonyl (C=S) groups is 1. The highest BCUT2D eigenvalue weighted by Crippen LogP contribution is 2.33. The molecule has 1 amide bonds. The van der Waals surface area contributed by atoms with Crippen molar-refractivity contribution in [1.29, 1.82) is 0 Å². The Bertz CT molecular complexity index is 475. The molecular weight excluding hydrogens is 390 g/mol. The number of carbonyl (C=O) groups excluding carboxylic acids is 1. The summed E-state index contributed by atoms with van der Waals surface area (Å²) in [4.78, 5) is 15.4. The molecule has 0 radical (unpaired) electrons. The van der Waals surface area contributed by atoms with Crippen LogP contribution in [0.2, 0.25) is 18.1 Å². The first-order chi connectivity index (χ1) is 12.8. The Balaban J connectivity index is 3.01. The maximum absolute atomic E-state index is 13.5. The third kappa shape index (κ3) is 6.55. The second-order valence-electron chi connectivity index (χ2n) is 8.28. The minimum Gasteiger partial charge on any atom is -0.413 e. The third-order valence-corrected chi connectivity index (χ3v) is 12.5. The summed E-state index contributed by atoms with van der Waals surface area (Å²) >= 11 is 7.19. The largest absolute Gasteiger partial charge is 0.413 e. The van der Waals surface area contributed by atoms with Crippen molar-refractivity contribution >= 4 is 42.5 Å². The molecule has 1 rings (SSSR count). The van der Waals surface area contributed by atoms with E-state index in [2.05, 4.69) is 48.5 Å². The molecular formula is C21H41NO2S2Si. The van der Waals surface area contributed by atoms with Crippen LogP contribution < -0.4 is 0 Å². The van der Waals surface area contributed by atoms with Crippen molar-refractivity contribution < 1.29 is 9.22 Å². The maximum atomic E-state index is 13.5. The van der Waals surface area contributed by atoms with Gasteiger partial charge in [-0.25, -0.2) is 0 Å². The van der Waals surface area contributed by atoms with Gasteiger partial charge in [-0.3, -0.25) is 9.69 Å². The van der Waals surface area contributed by atoms with Crippen molar-refractivity contribution in [1.82, 2.24) is 4.90 Å². The number of nitrogens with zero attached hydrogens (tertiary/aromatic N) is 1. The minimum atomic E-state index is -1.75. The first-order valence-electron chi connectivity index (χ1n) is 10.9. The molecule has 1 aliphatic rings. The molecule has 1 saturated heterocycles. The van der Waals surface area contributed by atoms with Crippen LogP contribution in [-0.4, -0.2) is 41.3 Å². The molecule has 0 N–H and O–H groups in total. The molecule has 3 atom stereocenters. The van der Waals surface area contributed by atoms with Crippen LogP contribution in [0.15, 0.2) is 0 Å². The molecule has 0 bridgehead atoms. The lowest BCUT2D eigenvalue weighted by atomic mass is 9.96. The maximum Gasteiger partial charge on any atom is 0.233 e. The van der Waals surface area contributed by atoms with E-state index in [1.54, 1.807) is 11.8 Å². The van der Waals surface area contributed by atoms with Gasteiger partial charge in [-0.05, 0) is 30.5 Å². The molecule has 0 unspecified atom stereocenters. The van der Waals surface area contributed by atoms with E-state index in [9.17, 15) is 4.79 Å². The Hall–Kier alpha value is 0.0869. The van der Waals surface area contributed by atoms with Crippen molar-refractivity contribution in [2.24, 2.45) is 11.8 Å². The number of amides is 1. The average molecular weight is 432 g/mol. The van der Waals surface area contributed by atoms with Gasteiger partial charge in [0.1, 0.15) is 4.32 Å². The van der Waals surface area contributed by atoms with Gasteiger partial charge in [-0.15, -0.1) is 0 Å². The van der Waals surface area contributed by atoms with Gasteiger partial charge in [0, 0.05) is 11.8 Å². The van der Waals surface area contributed by atoms with Gasteiger partial charge in [0.25, 0.3) is 0 Å². The molecule has 0 aliphatic carbocycles. The summed E-state index contributed by atoms with van der Waals surface area (Å²) < 4.78 is 7.60. The molecule has 0 saturated carbocycles. The van der Waals surface area contributed by atoms with Crippen LogP contribution in [0.5, 0.6) is 0 Å². The van der Waals surface area contributed by atoms with Crippen LogP contribution in [-0.2, 0) is 9.22 Å². The number of hydrogen-bond donors (Lipinski definition) is 0. The number of thioether (sulfide) groups is 1. The van der Waals surface area contributed by atoms with Gasteiger partial charge in [-0.2, -0.15) is 0 Å². The van der Waals surface area contributed by atoms with Crippen LogP contribution in [0, 0.1) is 11.8 Å². The van der Waals surface area contributed by atoms with Crippen molar-refractivity contribution in [3.8, 4) is 0 Å². The summed E-state index contributed by atoms with van der Waals surface area (Å²) in [5.41, 5.74) is 0. The van der Waals surface area contributed by atoms with Crippen LogP contribution >= 0.6 is 24.0 Å². The van der Waals surface area contributed by atoms with Crippen molar-refractivity contribution in [2.75, 3.05) is 5.75 Å². The van der Waals surface area contributed by atoms with Crippen LogP contribution in [0.3, 0.4) is 0 Å². The minimum absolute atomic E-state index is 0.0248. The summed E-state index contributed by atoms with van der Waals surface area (Å²) in [6.07, 6.45) is 4.53. The summed E-state index contributed by atoms with van der Waals surface area (Å²) in [5, 5.41) is 0. The lowest BCUT2D eigenvalue weighted by Gasteiger charge is -2.38. The molecule has 1 heterocycles. The van der Waals surface area contributed by atoms with E-state index in [1.807, 2.05) is 4.90 Å². The summed E-state index contributed by atoms with van der Waals surface area (Å²) in [6, 6.07) is 3.59. The molecule has 6 heteroatoms. The standard InChI is InChI=1S/C21H41NO2S2Si/c1-8-12-13-14-19(24-27(9-2,10-3)11-4)17(7)20(23)22-18(16(5)6)15-26-21(22)25/h16-19H,8-15H2,1-7H3/t17-,18+,19+/m0/s1. The van der Waals surface area contributed by atoms with Crippen molar-refractivity contribution in [2.45, 2.75) is 104 Å². The molecule has 1 fully saturated rings. The fourth-order valence-corrected chi connectivity index (χ4v) is 8.49. The lowest BCUT2D eigenvalue weighted by molar-refractivity contribution is -0.135. The number of carbonyl (C=O) groups is 1. The molecule has 3 nitrogen and oxygen atoms in total. The van der Waals surface area contributed by atoms with Gasteiger partial charge in [0.05, 0.1) is 12.0 Å². The average Bonchev–Trinajstić information content (AvgIpc) is 3.05. The summed E-state index contributed by atoms with van der Waals surface area (Å²) in [7, 11) is -1.75. The fourth-order valence-electron chi connectivity index (χ4n) is 3.89. The normalized spacial score (nSPS) is 20.4. The number of unbranched alkanes of at least 4 members (excludes halogenated alkanes) is 2. The van der Waals surface area contributed by atoms with E-state index in [-0.39, 0.29) is 24.0 Å². The van der Waals surface area contributed by atoms with Crippen molar-refractivity contribution in [3.63, 3.8) is 0 Å². The van der Waals surface area contributed by atoms with E-state index >= 15 is 0 Å². The van der Waals surface area contributed by atoms with Crippen LogP contribution in [0.25, 0.3) is 0 Å². The van der Waals surface area contributed by atoms with Crippen LogP contribution in [0.4, 0.5) is 0 Å². The van der Waals surface area contributed by atoms with E-state index in [0.29, 0.717) is 5.92 Å². The SMILES string of the molecule is CCCCC[C@@H](O[Si](CC)(CC)CC)[C@H](C)C(=O)N1C(=S)SC[C@@H]1C(C)C. The Morgan fingerprint density at radius 2 is 1.78 bits per heavy atom. The van der Waals surface area contributed by atoms with Gasteiger partial charge in [0.15, 0.2) is 8.32 Å². The molecule has 0 aromatic heterocycles. The van der Waals surface area contributed by atoms with E-state index in [0.717, 1.165) is 41.0 Å². The molecule has 0 aromatic rings. The second-order valence-corrected chi connectivity index (χ2v) is 14.7. The van der Waals surface area contributed by atoms with Gasteiger partial charge >= 0.3 is 0 Å². The lowest BCUT2D eigenvalue weighted by Crippen LogP contribution is -2.49. The summed E-state index contributed by atoms with van der Waals surface area (Å²) in [5.74, 6) is 1.39. The Kier molecular flexibility index (Phi) is 11.1.